The van der Waals surface area contributed by atoms with E-state index in [1.165, 1.54) is 0 Å². The van der Waals surface area contributed by atoms with Crippen LogP contribution in [0.2, 0.25) is 0 Å². The first-order valence-corrected chi connectivity index (χ1v) is 7.50. The minimum atomic E-state index is 0.165. The molecule has 0 aliphatic carbocycles. The summed E-state index contributed by atoms with van der Waals surface area (Å²) in [5, 5.41) is 14.5. The number of benzene rings is 1. The Kier molecular flexibility index (Phi) is 3.38. The van der Waals surface area contributed by atoms with E-state index in [-0.39, 0.29) is 5.91 Å². The molecule has 4 rings (SSSR count). The number of amides is 1. The van der Waals surface area contributed by atoms with Crippen molar-refractivity contribution >= 4 is 5.91 Å². The lowest BCUT2D eigenvalue weighted by molar-refractivity contribution is -0.134. The van der Waals surface area contributed by atoms with Gasteiger partial charge in [-0.05, 0) is 23.8 Å². The molecule has 1 amide bonds. The molecule has 0 atom stereocenters. The molecule has 1 fully saturated rings. The number of carbonyl (C=O) groups excluding carboxylic acids is 1. The number of likely N-dealkylation sites (tertiary alicyclic amines) is 1. The van der Waals surface area contributed by atoms with E-state index in [2.05, 4.69) is 20.4 Å². The highest BCUT2D eigenvalue weighted by Crippen LogP contribution is 2.25. The molecule has 7 nitrogen and oxygen atoms in total. The van der Waals surface area contributed by atoms with Crippen LogP contribution in [0.5, 0.6) is 0 Å². The summed E-state index contributed by atoms with van der Waals surface area (Å²) in [5.41, 5.74) is 3.10. The zero-order chi connectivity index (χ0) is 15.6. The second kappa shape index (κ2) is 5.68. The summed E-state index contributed by atoms with van der Waals surface area (Å²) in [4.78, 5) is 14.2. The van der Waals surface area contributed by atoms with Crippen molar-refractivity contribution in [1.82, 2.24) is 29.9 Å². The quantitative estimate of drug-likeness (QED) is 0.784. The van der Waals surface area contributed by atoms with E-state index in [4.69, 9.17) is 0 Å². The van der Waals surface area contributed by atoms with E-state index in [0.717, 1.165) is 30.0 Å². The molecule has 0 saturated carbocycles. The van der Waals surface area contributed by atoms with Crippen molar-refractivity contribution in [3.8, 4) is 5.69 Å². The SMILES string of the molecule is O=C(Cc1ccc(-n2cnnc2)cc1)N1CC(c2ccn[nH]2)C1. The standard InChI is InChI=1S/C16H16N6O/c23-16(21-8-13(9-21)15-5-6-17-20-15)7-12-1-3-14(4-2-12)22-10-18-19-11-22/h1-6,10-11,13H,7-9H2,(H,17,20). The molecule has 3 aromatic rings. The number of carbonyl (C=O) groups is 1. The highest BCUT2D eigenvalue weighted by molar-refractivity contribution is 5.79. The van der Waals surface area contributed by atoms with Gasteiger partial charge in [-0.25, -0.2) is 0 Å². The second-order valence-electron chi connectivity index (χ2n) is 5.72. The maximum atomic E-state index is 12.3. The lowest BCUT2D eigenvalue weighted by atomic mass is 9.95. The van der Waals surface area contributed by atoms with Gasteiger partial charge in [0.15, 0.2) is 0 Å². The molecule has 3 heterocycles. The Bertz CT molecular complexity index is 773. The predicted molar refractivity (Wildman–Crippen MR) is 83.0 cm³/mol. The molecular weight excluding hydrogens is 292 g/mol. The van der Waals surface area contributed by atoms with Crippen molar-refractivity contribution in [2.24, 2.45) is 0 Å². The number of rotatable bonds is 4. The number of H-pyrrole nitrogens is 1. The van der Waals surface area contributed by atoms with Gasteiger partial charge in [0, 0.05) is 36.6 Å². The monoisotopic (exact) mass is 308 g/mol. The Morgan fingerprint density at radius 3 is 2.52 bits per heavy atom. The third-order valence-corrected chi connectivity index (χ3v) is 4.20. The predicted octanol–water partition coefficient (Wildman–Crippen LogP) is 1.16. The molecule has 0 radical (unpaired) electrons. The van der Waals surface area contributed by atoms with Gasteiger partial charge in [-0.3, -0.25) is 14.5 Å². The fourth-order valence-electron chi connectivity index (χ4n) is 2.78. The van der Waals surface area contributed by atoms with Crippen molar-refractivity contribution in [2.45, 2.75) is 12.3 Å². The normalized spacial score (nSPS) is 14.7. The zero-order valence-corrected chi connectivity index (χ0v) is 12.5. The Morgan fingerprint density at radius 1 is 1.13 bits per heavy atom. The summed E-state index contributed by atoms with van der Waals surface area (Å²) in [6.07, 6.45) is 5.47. The summed E-state index contributed by atoms with van der Waals surface area (Å²) >= 11 is 0. The van der Waals surface area contributed by atoms with Crippen LogP contribution < -0.4 is 0 Å². The van der Waals surface area contributed by atoms with Crippen LogP contribution in [-0.2, 0) is 11.2 Å². The molecule has 0 bridgehead atoms. The lowest BCUT2D eigenvalue weighted by Crippen LogP contribution is -2.49. The van der Waals surface area contributed by atoms with Crippen LogP contribution in [0, 0.1) is 0 Å². The number of hydrogen-bond donors (Lipinski definition) is 1. The average Bonchev–Trinajstić information content (AvgIpc) is 3.20. The first kappa shape index (κ1) is 13.7. The van der Waals surface area contributed by atoms with E-state index in [0.29, 0.717) is 12.3 Å². The van der Waals surface area contributed by atoms with Crippen LogP contribution in [0.1, 0.15) is 17.2 Å². The number of aromatic amines is 1. The van der Waals surface area contributed by atoms with E-state index >= 15 is 0 Å². The highest BCUT2D eigenvalue weighted by Gasteiger charge is 2.32. The minimum absolute atomic E-state index is 0.165. The molecule has 7 heteroatoms. The molecule has 1 aromatic carbocycles. The molecule has 2 aromatic heterocycles. The van der Waals surface area contributed by atoms with Crippen LogP contribution in [0.15, 0.2) is 49.2 Å². The van der Waals surface area contributed by atoms with E-state index in [1.807, 2.05) is 39.8 Å². The molecule has 1 saturated heterocycles. The van der Waals surface area contributed by atoms with Gasteiger partial charge in [-0.1, -0.05) is 12.1 Å². The van der Waals surface area contributed by atoms with Crippen molar-refractivity contribution in [1.29, 1.82) is 0 Å². The third kappa shape index (κ3) is 2.73. The number of nitrogens with zero attached hydrogens (tertiary/aromatic N) is 5. The summed E-state index contributed by atoms with van der Waals surface area (Å²) < 4.78 is 1.83. The fraction of sp³-hybridized carbons (Fsp3) is 0.250. The zero-order valence-electron chi connectivity index (χ0n) is 12.5. The maximum absolute atomic E-state index is 12.3. The van der Waals surface area contributed by atoms with E-state index in [9.17, 15) is 4.79 Å². The van der Waals surface area contributed by atoms with Gasteiger partial charge in [0.25, 0.3) is 0 Å². The summed E-state index contributed by atoms with van der Waals surface area (Å²) in [7, 11) is 0. The van der Waals surface area contributed by atoms with Gasteiger partial charge in [0.1, 0.15) is 12.7 Å². The lowest BCUT2D eigenvalue weighted by Gasteiger charge is -2.38. The van der Waals surface area contributed by atoms with Crippen molar-refractivity contribution < 1.29 is 4.79 Å². The molecule has 116 valence electrons. The van der Waals surface area contributed by atoms with Crippen molar-refractivity contribution in [3.63, 3.8) is 0 Å². The van der Waals surface area contributed by atoms with Crippen molar-refractivity contribution in [3.05, 3.63) is 60.4 Å². The summed E-state index contributed by atoms with van der Waals surface area (Å²) in [5.74, 6) is 0.551. The Hall–Kier alpha value is -2.96. The molecule has 1 aliphatic heterocycles. The van der Waals surface area contributed by atoms with Crippen LogP contribution in [0.3, 0.4) is 0 Å². The van der Waals surface area contributed by atoms with Crippen LogP contribution in [0.4, 0.5) is 0 Å². The number of hydrogen-bond acceptors (Lipinski definition) is 4. The number of aromatic nitrogens is 5. The second-order valence-corrected chi connectivity index (χ2v) is 5.72. The topological polar surface area (TPSA) is 79.7 Å². The average molecular weight is 308 g/mol. The van der Waals surface area contributed by atoms with Gasteiger partial charge in [-0.15, -0.1) is 10.2 Å². The first-order valence-electron chi connectivity index (χ1n) is 7.50. The van der Waals surface area contributed by atoms with E-state index in [1.54, 1.807) is 18.9 Å². The highest BCUT2D eigenvalue weighted by atomic mass is 16.2. The molecule has 1 N–H and O–H groups in total. The molecular formula is C16H16N6O. The van der Waals surface area contributed by atoms with Crippen LogP contribution in [-0.4, -0.2) is 48.9 Å². The summed E-state index contributed by atoms with van der Waals surface area (Å²) in [6.45, 7) is 1.53. The smallest absolute Gasteiger partial charge is 0.227 e. The van der Waals surface area contributed by atoms with Crippen molar-refractivity contribution in [2.75, 3.05) is 13.1 Å². The summed E-state index contributed by atoms with van der Waals surface area (Å²) in [6, 6.07) is 9.85. The van der Waals surface area contributed by atoms with Gasteiger partial charge in [-0.2, -0.15) is 5.10 Å². The fourth-order valence-corrected chi connectivity index (χ4v) is 2.78. The molecule has 23 heavy (non-hydrogen) atoms. The maximum Gasteiger partial charge on any atom is 0.227 e. The Morgan fingerprint density at radius 2 is 1.87 bits per heavy atom. The number of nitrogens with one attached hydrogen (secondary N) is 1. The molecule has 1 aliphatic rings. The van der Waals surface area contributed by atoms with Crippen LogP contribution >= 0.6 is 0 Å². The third-order valence-electron chi connectivity index (χ3n) is 4.20. The van der Waals surface area contributed by atoms with Crippen LogP contribution in [0.25, 0.3) is 5.69 Å². The van der Waals surface area contributed by atoms with Gasteiger partial charge < -0.3 is 4.90 Å². The minimum Gasteiger partial charge on any atom is -0.341 e. The van der Waals surface area contributed by atoms with Gasteiger partial charge in [0.05, 0.1) is 6.42 Å². The van der Waals surface area contributed by atoms with E-state index < -0.39 is 0 Å². The van der Waals surface area contributed by atoms with Gasteiger partial charge >= 0.3 is 0 Å². The van der Waals surface area contributed by atoms with Gasteiger partial charge in [0.2, 0.25) is 5.91 Å². The largest absolute Gasteiger partial charge is 0.341 e. The Balaban J connectivity index is 1.34. The molecule has 0 unspecified atom stereocenters. The molecule has 0 spiro atoms. The first-order chi connectivity index (χ1) is 11.3. The Labute approximate surface area is 133 Å².